The lowest BCUT2D eigenvalue weighted by molar-refractivity contribution is -0.140. The number of nitrogens with zero attached hydrogens (tertiary/aromatic N) is 1. The van der Waals surface area contributed by atoms with Gasteiger partial charge in [0.2, 0.25) is 11.8 Å². The zero-order valence-electron chi connectivity index (χ0n) is 21.3. The standard InChI is InChI=1S/C31H40N2O2/c1-3-4-5-6-7-9-14-23(2)29-27(21-25-22-32-28-18-13-12-17-26(25)28)30(34)33(31(29)35)20-19-24-15-10-8-11-16-24/h8,10-13,15-18,22-23,27,29,32H,3-7,9,14,19-21H2,1-2H3. The fourth-order valence-corrected chi connectivity index (χ4v) is 5.74. The van der Waals surface area contributed by atoms with Crippen LogP contribution >= 0.6 is 0 Å². The number of hydrogen-bond acceptors (Lipinski definition) is 2. The summed E-state index contributed by atoms with van der Waals surface area (Å²) in [5.41, 5.74) is 3.37. The Morgan fingerprint density at radius 3 is 2.40 bits per heavy atom. The number of carbonyl (C=O) groups excluding carboxylic acids is 2. The van der Waals surface area contributed by atoms with Gasteiger partial charge in [-0.3, -0.25) is 14.5 Å². The van der Waals surface area contributed by atoms with Crippen LogP contribution in [-0.2, 0) is 22.4 Å². The molecule has 3 atom stereocenters. The van der Waals surface area contributed by atoms with Gasteiger partial charge in [-0.1, -0.05) is 101 Å². The monoisotopic (exact) mass is 472 g/mol. The number of aromatic amines is 1. The fraction of sp³-hybridized carbons (Fsp3) is 0.484. The summed E-state index contributed by atoms with van der Waals surface area (Å²) in [5.74, 6) is -0.269. The molecule has 1 aliphatic rings. The fourth-order valence-electron chi connectivity index (χ4n) is 5.74. The van der Waals surface area contributed by atoms with Gasteiger partial charge in [-0.15, -0.1) is 0 Å². The molecule has 1 saturated heterocycles. The van der Waals surface area contributed by atoms with E-state index in [0.717, 1.165) is 34.9 Å². The maximum absolute atomic E-state index is 13.7. The van der Waals surface area contributed by atoms with E-state index in [1.807, 2.05) is 36.5 Å². The zero-order valence-corrected chi connectivity index (χ0v) is 21.3. The number of carbonyl (C=O) groups is 2. The number of unbranched alkanes of at least 4 members (excludes halogenated alkanes) is 5. The first-order chi connectivity index (χ1) is 17.1. The van der Waals surface area contributed by atoms with E-state index in [9.17, 15) is 9.59 Å². The molecule has 0 aliphatic carbocycles. The number of hydrogen-bond donors (Lipinski definition) is 1. The van der Waals surface area contributed by atoms with Gasteiger partial charge in [0.05, 0.1) is 11.8 Å². The molecule has 0 bridgehead atoms. The summed E-state index contributed by atoms with van der Waals surface area (Å²) in [7, 11) is 0. The molecule has 3 unspecified atom stereocenters. The van der Waals surface area contributed by atoms with Gasteiger partial charge in [-0.2, -0.15) is 0 Å². The number of amides is 2. The van der Waals surface area contributed by atoms with Crippen molar-refractivity contribution in [3.05, 3.63) is 71.9 Å². The van der Waals surface area contributed by atoms with Crippen LogP contribution in [0.1, 0.15) is 69.9 Å². The lowest BCUT2D eigenvalue weighted by Crippen LogP contribution is -2.33. The summed E-state index contributed by atoms with van der Waals surface area (Å²) in [6.45, 7) is 4.89. The Bertz CT molecular complexity index is 1100. The van der Waals surface area contributed by atoms with Crippen LogP contribution in [-0.4, -0.2) is 28.2 Å². The highest BCUT2D eigenvalue weighted by Crippen LogP contribution is 2.38. The number of nitrogens with one attached hydrogen (secondary N) is 1. The van der Waals surface area contributed by atoms with Crippen molar-refractivity contribution in [2.45, 2.75) is 71.6 Å². The van der Waals surface area contributed by atoms with Crippen molar-refractivity contribution in [2.75, 3.05) is 6.54 Å². The topological polar surface area (TPSA) is 53.2 Å². The summed E-state index contributed by atoms with van der Waals surface area (Å²) in [5, 5.41) is 1.15. The predicted molar refractivity (Wildman–Crippen MR) is 143 cm³/mol. The molecule has 2 heterocycles. The molecule has 4 rings (SSSR count). The second-order valence-electron chi connectivity index (χ2n) is 10.3. The van der Waals surface area contributed by atoms with Crippen LogP contribution < -0.4 is 0 Å². The van der Waals surface area contributed by atoms with E-state index in [-0.39, 0.29) is 29.6 Å². The third-order valence-electron chi connectivity index (χ3n) is 7.78. The van der Waals surface area contributed by atoms with Gasteiger partial charge < -0.3 is 4.98 Å². The quantitative estimate of drug-likeness (QED) is 0.216. The molecule has 4 nitrogen and oxygen atoms in total. The summed E-state index contributed by atoms with van der Waals surface area (Å²) >= 11 is 0. The Balaban J connectivity index is 1.49. The maximum Gasteiger partial charge on any atom is 0.233 e. The third kappa shape index (κ3) is 6.04. The summed E-state index contributed by atoms with van der Waals surface area (Å²) in [6.07, 6.45) is 11.8. The molecule has 186 valence electrons. The van der Waals surface area contributed by atoms with Gasteiger partial charge in [0, 0.05) is 23.6 Å². The molecule has 1 fully saturated rings. The average Bonchev–Trinajstić information content (AvgIpc) is 3.39. The van der Waals surface area contributed by atoms with E-state index in [1.54, 1.807) is 4.90 Å². The number of para-hydroxylation sites is 1. The first-order valence-corrected chi connectivity index (χ1v) is 13.5. The SMILES string of the molecule is CCCCCCCCC(C)C1C(=O)N(CCc2ccccc2)C(=O)C1Cc1c[nH]c2ccccc12. The summed E-state index contributed by atoms with van der Waals surface area (Å²) < 4.78 is 0. The number of aromatic nitrogens is 1. The molecule has 3 aromatic rings. The molecule has 0 radical (unpaired) electrons. The van der Waals surface area contributed by atoms with Crippen LogP contribution in [0.2, 0.25) is 0 Å². The highest BCUT2D eigenvalue weighted by molar-refractivity contribution is 6.05. The number of H-pyrrole nitrogens is 1. The van der Waals surface area contributed by atoms with E-state index >= 15 is 0 Å². The molecule has 35 heavy (non-hydrogen) atoms. The molecule has 2 amide bonds. The van der Waals surface area contributed by atoms with Crippen LogP contribution in [0, 0.1) is 17.8 Å². The van der Waals surface area contributed by atoms with E-state index in [4.69, 9.17) is 0 Å². The lowest BCUT2D eigenvalue weighted by Gasteiger charge is -2.22. The molecule has 4 heteroatoms. The normalized spacial score (nSPS) is 19.1. The van der Waals surface area contributed by atoms with Crippen LogP contribution in [0.4, 0.5) is 0 Å². The number of fused-ring (bicyclic) bond motifs is 1. The smallest absolute Gasteiger partial charge is 0.233 e. The lowest BCUT2D eigenvalue weighted by atomic mass is 9.78. The van der Waals surface area contributed by atoms with Crippen molar-refractivity contribution in [1.29, 1.82) is 0 Å². The maximum atomic E-state index is 13.7. The van der Waals surface area contributed by atoms with Crippen molar-refractivity contribution in [3.63, 3.8) is 0 Å². The number of benzene rings is 2. The summed E-state index contributed by atoms with van der Waals surface area (Å²) in [6, 6.07) is 18.3. The van der Waals surface area contributed by atoms with Crippen molar-refractivity contribution in [1.82, 2.24) is 9.88 Å². The van der Waals surface area contributed by atoms with Crippen molar-refractivity contribution in [3.8, 4) is 0 Å². The van der Waals surface area contributed by atoms with Crippen LogP contribution in [0.5, 0.6) is 0 Å². The van der Waals surface area contributed by atoms with Gasteiger partial charge in [0.15, 0.2) is 0 Å². The Hall–Kier alpha value is -2.88. The third-order valence-corrected chi connectivity index (χ3v) is 7.78. The first kappa shape index (κ1) is 25.2. The average molecular weight is 473 g/mol. The van der Waals surface area contributed by atoms with Gasteiger partial charge in [0.25, 0.3) is 0 Å². The largest absolute Gasteiger partial charge is 0.361 e. The van der Waals surface area contributed by atoms with E-state index in [2.05, 4.69) is 43.1 Å². The molecular weight excluding hydrogens is 432 g/mol. The van der Waals surface area contributed by atoms with E-state index in [0.29, 0.717) is 19.4 Å². The molecule has 1 aliphatic heterocycles. The molecule has 0 spiro atoms. The Morgan fingerprint density at radius 2 is 1.60 bits per heavy atom. The Kier molecular flexibility index (Phi) is 8.79. The molecule has 2 aromatic carbocycles. The van der Waals surface area contributed by atoms with E-state index in [1.165, 1.54) is 32.1 Å². The van der Waals surface area contributed by atoms with Crippen molar-refractivity contribution < 1.29 is 9.59 Å². The van der Waals surface area contributed by atoms with Gasteiger partial charge >= 0.3 is 0 Å². The predicted octanol–water partition coefficient (Wildman–Crippen LogP) is 6.94. The Morgan fingerprint density at radius 1 is 0.886 bits per heavy atom. The van der Waals surface area contributed by atoms with Crippen LogP contribution in [0.25, 0.3) is 10.9 Å². The van der Waals surface area contributed by atoms with Crippen LogP contribution in [0.15, 0.2) is 60.8 Å². The number of likely N-dealkylation sites (tertiary alicyclic amines) is 1. The minimum Gasteiger partial charge on any atom is -0.361 e. The zero-order chi connectivity index (χ0) is 24.6. The highest BCUT2D eigenvalue weighted by Gasteiger charge is 2.49. The van der Waals surface area contributed by atoms with Gasteiger partial charge in [-0.25, -0.2) is 0 Å². The number of rotatable bonds is 13. The summed E-state index contributed by atoms with van der Waals surface area (Å²) in [4.78, 5) is 32.2. The van der Waals surface area contributed by atoms with Crippen LogP contribution in [0.3, 0.4) is 0 Å². The minimum absolute atomic E-state index is 0.0102. The van der Waals surface area contributed by atoms with Crippen molar-refractivity contribution in [2.24, 2.45) is 17.8 Å². The number of imide groups is 1. The molecular formula is C31H40N2O2. The second-order valence-corrected chi connectivity index (χ2v) is 10.3. The first-order valence-electron chi connectivity index (χ1n) is 13.5. The molecule has 0 saturated carbocycles. The van der Waals surface area contributed by atoms with E-state index < -0.39 is 0 Å². The highest BCUT2D eigenvalue weighted by atomic mass is 16.2. The molecule has 1 N–H and O–H groups in total. The minimum atomic E-state index is -0.285. The van der Waals surface area contributed by atoms with Crippen molar-refractivity contribution >= 4 is 22.7 Å². The Labute approximate surface area is 210 Å². The van der Waals surface area contributed by atoms with Gasteiger partial charge in [0.1, 0.15) is 0 Å². The second kappa shape index (κ2) is 12.2. The van der Waals surface area contributed by atoms with Gasteiger partial charge in [-0.05, 0) is 42.4 Å². The molecule has 1 aromatic heterocycles.